The Morgan fingerprint density at radius 1 is 1.23 bits per heavy atom. The summed E-state index contributed by atoms with van der Waals surface area (Å²) in [7, 11) is 0. The zero-order valence-electron chi connectivity index (χ0n) is 12.2. The minimum Gasteiger partial charge on any atom is -0.396 e. The quantitative estimate of drug-likeness (QED) is 0.766. The standard InChI is InChI=1S/C16H18N2O3S/c1-11(6-8-19)17-16(21)13-4-2-3-5-14(13)18-15(20)12-7-9-22-10-12/h2-5,7,9-11,19H,6,8H2,1H3,(H,17,21)(H,18,20)/t11-/m1/s1. The van der Waals surface area contributed by atoms with Crippen molar-refractivity contribution in [3.8, 4) is 0 Å². The van der Waals surface area contributed by atoms with Crippen LogP contribution in [0.4, 0.5) is 5.69 Å². The van der Waals surface area contributed by atoms with Crippen molar-refractivity contribution in [2.75, 3.05) is 11.9 Å². The van der Waals surface area contributed by atoms with Crippen LogP contribution in [0.15, 0.2) is 41.1 Å². The second kappa shape index (κ2) is 7.72. The molecule has 2 amide bonds. The van der Waals surface area contributed by atoms with Gasteiger partial charge in [0.1, 0.15) is 0 Å². The van der Waals surface area contributed by atoms with E-state index in [0.717, 1.165) is 0 Å². The summed E-state index contributed by atoms with van der Waals surface area (Å²) in [6.45, 7) is 1.83. The molecule has 1 aromatic heterocycles. The summed E-state index contributed by atoms with van der Waals surface area (Å²) in [5, 5.41) is 18.0. The highest BCUT2D eigenvalue weighted by Crippen LogP contribution is 2.17. The van der Waals surface area contributed by atoms with Gasteiger partial charge < -0.3 is 15.7 Å². The summed E-state index contributed by atoms with van der Waals surface area (Å²) >= 11 is 1.44. The lowest BCUT2D eigenvalue weighted by molar-refractivity contribution is 0.0935. The fourth-order valence-corrected chi connectivity index (χ4v) is 2.58. The molecule has 116 valence electrons. The molecule has 1 atom stereocenters. The van der Waals surface area contributed by atoms with Gasteiger partial charge in [0.25, 0.3) is 11.8 Å². The summed E-state index contributed by atoms with van der Waals surface area (Å²) in [6, 6.07) is 8.44. The molecular weight excluding hydrogens is 300 g/mol. The smallest absolute Gasteiger partial charge is 0.256 e. The third kappa shape index (κ3) is 4.16. The lowest BCUT2D eigenvalue weighted by atomic mass is 10.1. The first-order valence-electron chi connectivity index (χ1n) is 6.96. The number of amides is 2. The predicted octanol–water partition coefficient (Wildman–Crippen LogP) is 2.50. The van der Waals surface area contributed by atoms with Gasteiger partial charge in [-0.3, -0.25) is 9.59 Å². The molecule has 5 nitrogen and oxygen atoms in total. The molecule has 0 bridgehead atoms. The van der Waals surface area contributed by atoms with E-state index in [0.29, 0.717) is 23.2 Å². The zero-order chi connectivity index (χ0) is 15.9. The van der Waals surface area contributed by atoms with Crippen molar-refractivity contribution in [2.45, 2.75) is 19.4 Å². The van der Waals surface area contributed by atoms with Gasteiger partial charge in [-0.1, -0.05) is 12.1 Å². The molecule has 3 N–H and O–H groups in total. The first kappa shape index (κ1) is 16.2. The number of rotatable bonds is 6. The number of hydrogen-bond acceptors (Lipinski definition) is 4. The monoisotopic (exact) mass is 318 g/mol. The van der Waals surface area contributed by atoms with E-state index < -0.39 is 0 Å². The summed E-state index contributed by atoms with van der Waals surface area (Å²) < 4.78 is 0. The average Bonchev–Trinajstić information content (AvgIpc) is 3.02. The summed E-state index contributed by atoms with van der Waals surface area (Å²) in [5.41, 5.74) is 1.43. The number of para-hydroxylation sites is 1. The summed E-state index contributed by atoms with van der Waals surface area (Å²) in [5.74, 6) is -0.521. The molecule has 22 heavy (non-hydrogen) atoms. The van der Waals surface area contributed by atoms with E-state index in [-0.39, 0.29) is 24.5 Å². The Morgan fingerprint density at radius 2 is 2.00 bits per heavy atom. The molecule has 2 aromatic rings. The molecule has 0 radical (unpaired) electrons. The van der Waals surface area contributed by atoms with Crippen molar-refractivity contribution in [3.63, 3.8) is 0 Å². The molecule has 0 fully saturated rings. The van der Waals surface area contributed by atoms with Crippen molar-refractivity contribution < 1.29 is 14.7 Å². The van der Waals surface area contributed by atoms with Gasteiger partial charge in [-0.2, -0.15) is 11.3 Å². The number of benzene rings is 1. The fraction of sp³-hybridized carbons (Fsp3) is 0.250. The van der Waals surface area contributed by atoms with Crippen molar-refractivity contribution in [1.29, 1.82) is 0 Å². The number of aliphatic hydroxyl groups excluding tert-OH is 1. The van der Waals surface area contributed by atoms with Crippen LogP contribution in [0, 0.1) is 0 Å². The number of anilines is 1. The maximum absolute atomic E-state index is 12.3. The molecule has 0 aliphatic heterocycles. The number of hydrogen-bond donors (Lipinski definition) is 3. The molecule has 0 saturated heterocycles. The maximum atomic E-state index is 12.3. The maximum Gasteiger partial charge on any atom is 0.256 e. The van der Waals surface area contributed by atoms with Gasteiger partial charge in [0, 0.05) is 18.0 Å². The van der Waals surface area contributed by atoms with E-state index in [1.54, 1.807) is 35.7 Å². The number of aliphatic hydroxyl groups is 1. The van der Waals surface area contributed by atoms with Gasteiger partial charge in [0.2, 0.25) is 0 Å². The van der Waals surface area contributed by atoms with Crippen LogP contribution in [-0.2, 0) is 0 Å². The lowest BCUT2D eigenvalue weighted by Gasteiger charge is -2.15. The number of carbonyl (C=O) groups is 2. The molecule has 0 aliphatic carbocycles. The highest BCUT2D eigenvalue weighted by atomic mass is 32.1. The minimum absolute atomic E-state index is 0.0119. The van der Waals surface area contributed by atoms with Crippen LogP contribution < -0.4 is 10.6 Å². The topological polar surface area (TPSA) is 78.4 Å². The third-order valence-corrected chi connectivity index (χ3v) is 3.83. The third-order valence-electron chi connectivity index (χ3n) is 3.14. The molecule has 0 unspecified atom stereocenters. The Morgan fingerprint density at radius 3 is 2.68 bits per heavy atom. The van der Waals surface area contributed by atoms with Crippen LogP contribution in [0.2, 0.25) is 0 Å². The Kier molecular flexibility index (Phi) is 5.68. The SMILES string of the molecule is C[C@H](CCO)NC(=O)c1ccccc1NC(=O)c1ccsc1. The van der Waals surface area contributed by atoms with Crippen LogP contribution in [0.25, 0.3) is 0 Å². The molecule has 2 rings (SSSR count). The second-order valence-corrected chi connectivity index (χ2v) is 5.68. The number of carbonyl (C=O) groups excluding carboxylic acids is 2. The van der Waals surface area contributed by atoms with Crippen LogP contribution in [0.3, 0.4) is 0 Å². The summed E-state index contributed by atoms with van der Waals surface area (Å²) in [6.07, 6.45) is 0.481. The molecular formula is C16H18N2O3S. The van der Waals surface area contributed by atoms with E-state index in [1.165, 1.54) is 11.3 Å². The first-order valence-corrected chi connectivity index (χ1v) is 7.90. The van der Waals surface area contributed by atoms with Crippen molar-refractivity contribution in [1.82, 2.24) is 5.32 Å². The van der Waals surface area contributed by atoms with E-state index in [1.807, 2.05) is 12.3 Å². The molecule has 0 aliphatic rings. The fourth-order valence-electron chi connectivity index (χ4n) is 1.95. The van der Waals surface area contributed by atoms with E-state index in [9.17, 15) is 9.59 Å². The van der Waals surface area contributed by atoms with Crippen LogP contribution >= 0.6 is 11.3 Å². The summed E-state index contributed by atoms with van der Waals surface area (Å²) in [4.78, 5) is 24.4. The van der Waals surface area contributed by atoms with Crippen LogP contribution in [-0.4, -0.2) is 29.6 Å². The van der Waals surface area contributed by atoms with Gasteiger partial charge in [0.05, 0.1) is 16.8 Å². The first-order chi connectivity index (χ1) is 10.6. The molecule has 1 aromatic carbocycles. The largest absolute Gasteiger partial charge is 0.396 e. The number of nitrogens with one attached hydrogen (secondary N) is 2. The van der Waals surface area contributed by atoms with Crippen LogP contribution in [0.5, 0.6) is 0 Å². The van der Waals surface area contributed by atoms with Gasteiger partial charge in [-0.05, 0) is 36.9 Å². The van der Waals surface area contributed by atoms with Crippen molar-refractivity contribution in [2.24, 2.45) is 0 Å². The van der Waals surface area contributed by atoms with E-state index in [4.69, 9.17) is 5.11 Å². The Hall–Kier alpha value is -2.18. The molecule has 1 heterocycles. The highest BCUT2D eigenvalue weighted by molar-refractivity contribution is 7.08. The van der Waals surface area contributed by atoms with E-state index >= 15 is 0 Å². The highest BCUT2D eigenvalue weighted by Gasteiger charge is 2.15. The minimum atomic E-state index is -0.276. The lowest BCUT2D eigenvalue weighted by Crippen LogP contribution is -2.33. The van der Waals surface area contributed by atoms with Gasteiger partial charge >= 0.3 is 0 Å². The van der Waals surface area contributed by atoms with Crippen LogP contribution in [0.1, 0.15) is 34.1 Å². The zero-order valence-corrected chi connectivity index (χ0v) is 13.0. The normalized spacial score (nSPS) is 11.7. The average molecular weight is 318 g/mol. The Balaban J connectivity index is 2.12. The van der Waals surface area contributed by atoms with Gasteiger partial charge in [-0.15, -0.1) is 0 Å². The Bertz CT molecular complexity index is 641. The Labute approximate surface area is 133 Å². The predicted molar refractivity (Wildman–Crippen MR) is 87.3 cm³/mol. The molecule has 6 heteroatoms. The second-order valence-electron chi connectivity index (χ2n) is 4.90. The van der Waals surface area contributed by atoms with Crippen molar-refractivity contribution >= 4 is 28.8 Å². The number of thiophene rings is 1. The van der Waals surface area contributed by atoms with Gasteiger partial charge in [-0.25, -0.2) is 0 Å². The van der Waals surface area contributed by atoms with E-state index in [2.05, 4.69) is 10.6 Å². The van der Waals surface area contributed by atoms with Gasteiger partial charge in [0.15, 0.2) is 0 Å². The van der Waals surface area contributed by atoms with Crippen molar-refractivity contribution in [3.05, 3.63) is 52.2 Å². The molecule has 0 spiro atoms. The molecule has 0 saturated carbocycles.